The summed E-state index contributed by atoms with van der Waals surface area (Å²) in [5, 5.41) is 7.45. The molecule has 11 rings (SSSR count). The Balaban J connectivity index is 0.00000471. The fourth-order valence-electron chi connectivity index (χ4n) is 8.41. The summed E-state index contributed by atoms with van der Waals surface area (Å²) < 4.78 is 5.42. The maximum Gasteiger partial charge on any atom is 4.00 e. The first kappa shape index (κ1) is 39.6. The molecule has 0 saturated heterocycles. The monoisotopic (exact) mass is 996 g/mol. The van der Waals surface area contributed by atoms with Crippen molar-refractivity contribution in [3.8, 4) is 22.3 Å². The Kier molecular flexibility index (Phi) is 10.7. The maximum atomic E-state index is 6.52. The van der Waals surface area contributed by atoms with Gasteiger partial charge in [-0.05, 0) is 85.6 Å². The third-order valence-corrected chi connectivity index (χ3v) is 11.3. The summed E-state index contributed by atoms with van der Waals surface area (Å²) in [7, 11) is 0. The van der Waals surface area contributed by atoms with Crippen molar-refractivity contribution in [3.05, 3.63) is 242 Å². The quantitative estimate of drug-likeness (QED) is 0.101. The molecule has 10 aromatic rings. The smallest absolute Gasteiger partial charge is 0.661 e. The third kappa shape index (κ3) is 7.49. The molecule has 1 unspecified atom stereocenters. The number of aromatic nitrogens is 4. The Bertz CT molecular complexity index is 3140. The number of aryl methyl sites for hydroxylation is 1. The van der Waals surface area contributed by atoms with E-state index in [1.807, 2.05) is 49.1 Å². The Labute approximate surface area is 380 Å². The van der Waals surface area contributed by atoms with Crippen LogP contribution >= 0.6 is 0 Å². The van der Waals surface area contributed by atoms with E-state index in [1.165, 1.54) is 5.56 Å². The summed E-state index contributed by atoms with van der Waals surface area (Å²) in [6.07, 6.45) is 14.0. The van der Waals surface area contributed by atoms with Gasteiger partial charge in [0.15, 0.2) is 6.20 Å². The number of hydrogen-bond donors (Lipinski definition) is 0. The number of hydrogen-bond acceptors (Lipinski definition) is 4. The first-order chi connectivity index (χ1) is 30.7. The van der Waals surface area contributed by atoms with E-state index in [-0.39, 0.29) is 21.1 Å². The second kappa shape index (κ2) is 17.1. The molecule has 8 nitrogen and oxygen atoms in total. The molecular weight excluding hydrogens is 958 g/mol. The van der Waals surface area contributed by atoms with Crippen molar-refractivity contribution in [2.45, 2.75) is 13.1 Å². The average Bonchev–Trinajstić information content (AvgIpc) is 3.88. The molecule has 0 saturated carbocycles. The largest absolute Gasteiger partial charge is 4.00 e. The summed E-state index contributed by atoms with van der Waals surface area (Å²) in [6, 6.07) is 63.0. The minimum Gasteiger partial charge on any atom is -0.661 e. The fourth-order valence-corrected chi connectivity index (χ4v) is 8.41. The second-order valence-electron chi connectivity index (χ2n) is 15.2. The van der Waals surface area contributed by atoms with Gasteiger partial charge < -0.3 is 19.7 Å². The van der Waals surface area contributed by atoms with Gasteiger partial charge in [-0.3, -0.25) is 4.98 Å². The van der Waals surface area contributed by atoms with Crippen LogP contribution in [0.3, 0.4) is 0 Å². The first-order valence-corrected chi connectivity index (χ1v) is 20.6. The molecule has 1 atom stereocenters. The van der Waals surface area contributed by atoms with Crippen molar-refractivity contribution < 1.29 is 35.5 Å². The van der Waals surface area contributed by atoms with Gasteiger partial charge in [0, 0.05) is 51.6 Å². The molecule has 0 N–H and O–H groups in total. The van der Waals surface area contributed by atoms with Gasteiger partial charge in [0.2, 0.25) is 6.20 Å². The van der Waals surface area contributed by atoms with Crippen LogP contribution in [-0.2, 0) is 21.1 Å². The van der Waals surface area contributed by atoms with E-state index in [9.17, 15) is 0 Å². The van der Waals surface area contributed by atoms with Crippen LogP contribution in [0, 0.1) is 26.0 Å². The number of fused-ring (bicyclic) bond motifs is 4. The molecule has 0 spiro atoms. The van der Waals surface area contributed by atoms with Crippen LogP contribution in [0.1, 0.15) is 17.3 Å². The molecule has 5 heterocycles. The topological polar surface area (TPSA) is 55.4 Å². The molecule has 0 fully saturated rings. The molecular formula is C54H39N7OPt+2. The van der Waals surface area contributed by atoms with Crippen LogP contribution in [0.25, 0.3) is 49.4 Å². The Hall–Kier alpha value is -7.54. The van der Waals surface area contributed by atoms with Crippen molar-refractivity contribution in [2.75, 3.05) is 9.80 Å². The maximum absolute atomic E-state index is 6.52. The van der Waals surface area contributed by atoms with E-state index in [1.54, 1.807) is 9.46 Å². The number of pyridine rings is 3. The van der Waals surface area contributed by atoms with Gasteiger partial charge >= 0.3 is 21.1 Å². The predicted octanol–water partition coefficient (Wildman–Crippen LogP) is 11.6. The molecule has 63 heavy (non-hydrogen) atoms. The summed E-state index contributed by atoms with van der Waals surface area (Å²) in [5.41, 5.74) is 13.4. The first-order valence-electron chi connectivity index (χ1n) is 20.6. The van der Waals surface area contributed by atoms with Crippen molar-refractivity contribution in [2.24, 2.45) is 0 Å². The minimum absolute atomic E-state index is 0. The van der Waals surface area contributed by atoms with Crippen LogP contribution in [0.2, 0.25) is 0 Å². The number of nitrogens with zero attached hydrogens (tertiary/aromatic N) is 7. The summed E-state index contributed by atoms with van der Waals surface area (Å²) in [5.74, 6) is 0. The summed E-state index contributed by atoms with van der Waals surface area (Å²) >= 11 is 0. The van der Waals surface area contributed by atoms with E-state index < -0.39 is 6.17 Å². The molecule has 0 radical (unpaired) electrons. The van der Waals surface area contributed by atoms with Crippen molar-refractivity contribution in [1.82, 2.24) is 9.55 Å². The fraction of sp³-hybridized carbons (Fsp3) is 0.0370. The van der Waals surface area contributed by atoms with Gasteiger partial charge in [0.1, 0.15) is 12.4 Å². The van der Waals surface area contributed by atoms with Gasteiger partial charge in [-0.2, -0.15) is 0 Å². The molecule has 1 aliphatic heterocycles. The van der Waals surface area contributed by atoms with Crippen molar-refractivity contribution in [3.63, 3.8) is 0 Å². The van der Waals surface area contributed by atoms with Crippen LogP contribution < -0.4 is 24.2 Å². The normalized spacial score (nSPS) is 12.5. The van der Waals surface area contributed by atoms with Gasteiger partial charge in [0.25, 0.3) is 0 Å². The molecule has 0 aliphatic carbocycles. The molecule has 0 bridgehead atoms. The van der Waals surface area contributed by atoms with E-state index in [0.717, 1.165) is 78.1 Å². The zero-order valence-electron chi connectivity index (χ0n) is 34.1. The number of para-hydroxylation sites is 4. The molecule has 6 aromatic carbocycles. The zero-order valence-corrected chi connectivity index (χ0v) is 36.4. The number of anilines is 4. The van der Waals surface area contributed by atoms with E-state index in [0.29, 0.717) is 0 Å². The zero-order chi connectivity index (χ0) is 41.4. The van der Waals surface area contributed by atoms with E-state index >= 15 is 0 Å². The van der Waals surface area contributed by atoms with Crippen LogP contribution in [-0.4, -0.2) is 9.55 Å². The third-order valence-electron chi connectivity index (χ3n) is 11.3. The van der Waals surface area contributed by atoms with E-state index in [4.69, 9.17) is 10.3 Å². The van der Waals surface area contributed by atoms with Gasteiger partial charge in [-0.1, -0.05) is 150 Å². The van der Waals surface area contributed by atoms with Gasteiger partial charge in [0.05, 0.1) is 0 Å². The minimum atomic E-state index is -0.402. The van der Waals surface area contributed by atoms with Gasteiger partial charge in [-0.25, -0.2) is 0 Å². The molecule has 9 heteroatoms. The molecule has 0 amide bonds. The van der Waals surface area contributed by atoms with Crippen LogP contribution in [0.5, 0.6) is 0 Å². The molecule has 4 aromatic heterocycles. The Morgan fingerprint density at radius 3 is 1.94 bits per heavy atom. The van der Waals surface area contributed by atoms with Gasteiger partial charge in [-0.15, -0.1) is 24.5 Å². The summed E-state index contributed by atoms with van der Waals surface area (Å²) in [4.78, 5) is 15.3. The van der Waals surface area contributed by atoms with Crippen molar-refractivity contribution >= 4 is 50.2 Å². The standard InChI is InChI=1S/C54H39N7O.Pt/c1-39-25-27-43(28-26-39)56-54(42-29-32-55-33-30-42)61-49-22-9-8-19-47(49)48-31-35-58(37-52(48)61)62-57-34-13-18-44(36-57)59-38-60(51-24-11-10-23-50(51)59)53-45(40-14-4-2-5-15-40)20-12-21-46(53)41-16-6-3-7-17-41;/h2-35,38,54H,1H3;/q-2;+4. The SMILES string of the molecule is Cc1ccc([N-]C(c2ccncc2)n2c3[c-][n+](O[n+]4[c-]c(N5[CH-]N(c6c(-c7ccccc7)cccc6-c6ccccc6)c6ccccc65)ccc4)ccc3c3ccccc32)cc1.[Pt+4]. The van der Waals surface area contributed by atoms with Crippen LogP contribution in [0.4, 0.5) is 28.4 Å². The van der Waals surface area contributed by atoms with Crippen LogP contribution in [0.15, 0.2) is 207 Å². The number of benzene rings is 6. The van der Waals surface area contributed by atoms with Crippen molar-refractivity contribution in [1.29, 1.82) is 0 Å². The average molecular weight is 997 g/mol. The molecule has 304 valence electrons. The molecule has 1 aliphatic rings. The second-order valence-corrected chi connectivity index (χ2v) is 15.2. The number of rotatable bonds is 10. The predicted molar refractivity (Wildman–Crippen MR) is 245 cm³/mol. The summed E-state index contributed by atoms with van der Waals surface area (Å²) in [6.45, 7) is 4.23. The van der Waals surface area contributed by atoms with E-state index in [2.05, 4.69) is 203 Å². The Morgan fingerprint density at radius 2 is 1.22 bits per heavy atom. The Morgan fingerprint density at radius 1 is 0.587 bits per heavy atom.